The van der Waals surface area contributed by atoms with Crippen molar-refractivity contribution in [1.29, 1.82) is 0 Å². The largest absolute Gasteiger partial charge is 0.355 e. The van der Waals surface area contributed by atoms with E-state index in [1.54, 1.807) is 7.05 Å². The van der Waals surface area contributed by atoms with Crippen LogP contribution in [0.3, 0.4) is 0 Å². The topological polar surface area (TPSA) is 71.3 Å². The number of nitrogens with zero attached hydrogens (tertiary/aromatic N) is 3. The van der Waals surface area contributed by atoms with Crippen LogP contribution in [0.2, 0.25) is 0 Å². The number of amides is 1. The van der Waals surface area contributed by atoms with Gasteiger partial charge in [0.25, 0.3) is 5.91 Å². The number of carbonyl (C=O) groups is 1. The Balaban J connectivity index is 1.96. The summed E-state index contributed by atoms with van der Waals surface area (Å²) in [5, 5.41) is 6.67. The van der Waals surface area contributed by atoms with Gasteiger partial charge in [-0.15, -0.1) is 0 Å². The maximum Gasteiger partial charge on any atom is 0.251 e. The van der Waals surface area contributed by atoms with Crippen LogP contribution in [0.15, 0.2) is 28.8 Å². The third-order valence-electron chi connectivity index (χ3n) is 4.13. The van der Waals surface area contributed by atoms with Crippen LogP contribution in [0, 0.1) is 0 Å². The number of carbonyl (C=O) groups excluding carboxylic acids is 1. The van der Waals surface area contributed by atoms with Crippen LogP contribution >= 0.6 is 0 Å². The summed E-state index contributed by atoms with van der Waals surface area (Å²) in [5.74, 6) is 1.35. The minimum atomic E-state index is -0.0752. The number of hydrogen-bond donors (Lipinski definition) is 1. The summed E-state index contributed by atoms with van der Waals surface area (Å²) >= 11 is 0. The Bertz CT molecular complexity index is 651. The highest BCUT2D eigenvalue weighted by Crippen LogP contribution is 2.19. The average Bonchev–Trinajstić information content (AvgIpc) is 3.08. The van der Waals surface area contributed by atoms with Crippen molar-refractivity contribution >= 4 is 5.91 Å². The zero-order chi connectivity index (χ0) is 17.5. The smallest absolute Gasteiger partial charge is 0.251 e. The molecule has 0 aliphatic heterocycles. The van der Waals surface area contributed by atoms with Crippen molar-refractivity contribution in [2.24, 2.45) is 0 Å². The first-order chi connectivity index (χ1) is 11.5. The number of nitrogens with one attached hydrogen (secondary N) is 1. The fourth-order valence-electron chi connectivity index (χ4n) is 2.39. The first kappa shape index (κ1) is 18.1. The van der Waals surface area contributed by atoms with E-state index in [-0.39, 0.29) is 11.9 Å². The van der Waals surface area contributed by atoms with Gasteiger partial charge in [-0.3, -0.25) is 9.69 Å². The van der Waals surface area contributed by atoms with Crippen LogP contribution in [0.5, 0.6) is 0 Å². The minimum absolute atomic E-state index is 0.0338. The molecule has 1 atom stereocenters. The van der Waals surface area contributed by atoms with Crippen molar-refractivity contribution < 1.29 is 9.32 Å². The standard InChI is InChI=1S/C18H26N4O2/c1-5-6-7-16-20-18(24-21-16)13(2)22(4)12-14-8-10-15(11-9-14)17(23)19-3/h8-11,13H,5-7,12H2,1-4H3,(H,19,23). The van der Waals surface area contributed by atoms with E-state index in [2.05, 4.69) is 34.2 Å². The van der Waals surface area contributed by atoms with Crippen LogP contribution < -0.4 is 5.32 Å². The lowest BCUT2D eigenvalue weighted by atomic mass is 10.1. The van der Waals surface area contributed by atoms with Crippen LogP contribution in [0.4, 0.5) is 0 Å². The molecule has 1 N–H and O–H groups in total. The second-order valence-corrected chi connectivity index (χ2v) is 6.02. The van der Waals surface area contributed by atoms with Gasteiger partial charge in [-0.2, -0.15) is 4.98 Å². The van der Waals surface area contributed by atoms with Crippen LogP contribution in [0.25, 0.3) is 0 Å². The molecule has 1 amide bonds. The summed E-state index contributed by atoms with van der Waals surface area (Å²) in [6.07, 6.45) is 3.05. The highest BCUT2D eigenvalue weighted by atomic mass is 16.5. The minimum Gasteiger partial charge on any atom is -0.355 e. The quantitative estimate of drug-likeness (QED) is 0.806. The van der Waals surface area contributed by atoms with Gasteiger partial charge in [0.05, 0.1) is 6.04 Å². The number of unbranched alkanes of at least 4 members (excludes halogenated alkanes) is 1. The molecule has 0 bridgehead atoms. The highest BCUT2D eigenvalue weighted by Gasteiger charge is 2.19. The molecule has 6 nitrogen and oxygen atoms in total. The first-order valence-electron chi connectivity index (χ1n) is 8.38. The molecule has 0 aliphatic carbocycles. The summed E-state index contributed by atoms with van der Waals surface area (Å²) < 4.78 is 5.39. The third kappa shape index (κ3) is 4.64. The lowest BCUT2D eigenvalue weighted by Gasteiger charge is -2.21. The van der Waals surface area contributed by atoms with Gasteiger partial charge in [-0.05, 0) is 38.1 Å². The SMILES string of the molecule is CCCCc1noc(C(C)N(C)Cc2ccc(C(=O)NC)cc2)n1. The van der Waals surface area contributed by atoms with Gasteiger partial charge in [0.15, 0.2) is 5.82 Å². The average molecular weight is 330 g/mol. The summed E-state index contributed by atoms with van der Waals surface area (Å²) in [4.78, 5) is 18.2. The third-order valence-corrected chi connectivity index (χ3v) is 4.13. The van der Waals surface area contributed by atoms with Crippen molar-refractivity contribution in [3.63, 3.8) is 0 Å². The zero-order valence-electron chi connectivity index (χ0n) is 14.9. The normalized spacial score (nSPS) is 12.4. The van der Waals surface area contributed by atoms with E-state index >= 15 is 0 Å². The second-order valence-electron chi connectivity index (χ2n) is 6.02. The van der Waals surface area contributed by atoms with Crippen molar-refractivity contribution in [1.82, 2.24) is 20.4 Å². The van der Waals surface area contributed by atoms with Crippen molar-refractivity contribution in [3.8, 4) is 0 Å². The van der Waals surface area contributed by atoms with E-state index in [1.807, 2.05) is 31.3 Å². The van der Waals surface area contributed by atoms with E-state index < -0.39 is 0 Å². The first-order valence-corrected chi connectivity index (χ1v) is 8.38. The molecular weight excluding hydrogens is 304 g/mol. The molecule has 1 aromatic carbocycles. The van der Waals surface area contributed by atoms with Gasteiger partial charge in [-0.1, -0.05) is 30.6 Å². The van der Waals surface area contributed by atoms with Crippen molar-refractivity contribution in [3.05, 3.63) is 47.1 Å². The van der Waals surface area contributed by atoms with Crippen LogP contribution in [0.1, 0.15) is 60.4 Å². The number of rotatable bonds is 8. The zero-order valence-corrected chi connectivity index (χ0v) is 14.9. The highest BCUT2D eigenvalue weighted by molar-refractivity contribution is 5.93. The summed E-state index contributed by atoms with van der Waals surface area (Å²) in [6.45, 7) is 4.94. The van der Waals surface area contributed by atoms with Gasteiger partial charge in [-0.25, -0.2) is 0 Å². The Morgan fingerprint density at radius 1 is 1.33 bits per heavy atom. The lowest BCUT2D eigenvalue weighted by Crippen LogP contribution is -2.22. The maximum atomic E-state index is 11.6. The molecule has 0 fully saturated rings. The van der Waals surface area contributed by atoms with E-state index in [4.69, 9.17) is 4.52 Å². The fourth-order valence-corrected chi connectivity index (χ4v) is 2.39. The molecule has 0 saturated heterocycles. The number of aromatic nitrogens is 2. The Labute approximate surface area is 143 Å². The molecule has 2 aromatic rings. The van der Waals surface area contributed by atoms with E-state index in [0.717, 1.165) is 37.2 Å². The number of benzene rings is 1. The molecule has 130 valence electrons. The Morgan fingerprint density at radius 2 is 2.04 bits per heavy atom. The van der Waals surface area contributed by atoms with Gasteiger partial charge in [0, 0.05) is 25.6 Å². The summed E-state index contributed by atoms with van der Waals surface area (Å²) in [5.41, 5.74) is 1.79. The summed E-state index contributed by atoms with van der Waals surface area (Å²) in [6, 6.07) is 7.64. The van der Waals surface area contributed by atoms with Crippen molar-refractivity contribution in [2.45, 2.75) is 45.7 Å². The fraction of sp³-hybridized carbons (Fsp3) is 0.500. The number of hydrogen-bond acceptors (Lipinski definition) is 5. The molecule has 6 heteroatoms. The van der Waals surface area contributed by atoms with Crippen LogP contribution in [-0.4, -0.2) is 35.0 Å². The molecule has 1 unspecified atom stereocenters. The predicted molar refractivity (Wildman–Crippen MR) is 92.6 cm³/mol. The molecule has 0 aliphatic rings. The summed E-state index contributed by atoms with van der Waals surface area (Å²) in [7, 11) is 3.65. The molecule has 0 radical (unpaired) electrons. The second kappa shape index (κ2) is 8.59. The van der Waals surface area contributed by atoms with Gasteiger partial charge < -0.3 is 9.84 Å². The van der Waals surface area contributed by atoms with Crippen LogP contribution in [-0.2, 0) is 13.0 Å². The molecule has 2 rings (SSSR count). The molecule has 0 saturated carbocycles. The molecule has 1 aromatic heterocycles. The molecule has 0 spiro atoms. The lowest BCUT2D eigenvalue weighted by molar-refractivity contribution is 0.0963. The molecule has 1 heterocycles. The predicted octanol–water partition coefficient (Wildman–Crippen LogP) is 2.96. The van der Waals surface area contributed by atoms with E-state index in [1.165, 1.54) is 0 Å². The number of aryl methyl sites for hydroxylation is 1. The monoisotopic (exact) mass is 330 g/mol. The Morgan fingerprint density at radius 3 is 2.67 bits per heavy atom. The van der Waals surface area contributed by atoms with Crippen molar-refractivity contribution in [2.75, 3.05) is 14.1 Å². The Hall–Kier alpha value is -2.21. The van der Waals surface area contributed by atoms with Gasteiger partial charge in [0.1, 0.15) is 0 Å². The molecular formula is C18H26N4O2. The maximum absolute atomic E-state index is 11.6. The van der Waals surface area contributed by atoms with Gasteiger partial charge in [0.2, 0.25) is 5.89 Å². The van der Waals surface area contributed by atoms with E-state index in [0.29, 0.717) is 11.5 Å². The van der Waals surface area contributed by atoms with E-state index in [9.17, 15) is 4.79 Å². The molecule has 24 heavy (non-hydrogen) atoms. The Kier molecular flexibility index (Phi) is 6.49. The van der Waals surface area contributed by atoms with Gasteiger partial charge >= 0.3 is 0 Å².